The van der Waals surface area contributed by atoms with Gasteiger partial charge in [0.1, 0.15) is 0 Å². The molecule has 0 aliphatic heterocycles. The summed E-state index contributed by atoms with van der Waals surface area (Å²) in [5.41, 5.74) is 6.71. The first kappa shape index (κ1) is 14.1. The van der Waals surface area contributed by atoms with Crippen LogP contribution in [0.1, 0.15) is 16.3 Å². The van der Waals surface area contributed by atoms with E-state index < -0.39 is 5.97 Å². The molecule has 0 spiro atoms. The fourth-order valence-electron chi connectivity index (χ4n) is 1.51. The molecule has 20 heavy (non-hydrogen) atoms. The van der Waals surface area contributed by atoms with E-state index in [-0.39, 0.29) is 17.5 Å². The summed E-state index contributed by atoms with van der Waals surface area (Å²) in [4.78, 5) is 19.4. The Morgan fingerprint density at radius 1 is 1.35 bits per heavy atom. The van der Waals surface area contributed by atoms with Crippen molar-refractivity contribution in [1.82, 2.24) is 9.97 Å². The molecule has 0 aliphatic rings. The van der Waals surface area contributed by atoms with E-state index in [4.69, 9.17) is 22.1 Å². The number of carbonyl (C=O) groups is 1. The van der Waals surface area contributed by atoms with Crippen LogP contribution < -0.4 is 10.5 Å². The normalized spacial score (nSPS) is 10.2. The lowest BCUT2D eigenvalue weighted by atomic mass is 10.3. The highest BCUT2D eigenvalue weighted by molar-refractivity contribution is 6.32. The van der Waals surface area contributed by atoms with Crippen LogP contribution in [0.4, 0.5) is 5.69 Å². The number of nitrogens with two attached hydrogens (primary N) is 1. The number of ether oxygens (including phenoxy) is 2. The molecule has 0 aliphatic carbocycles. The molecule has 1 aromatic carbocycles. The van der Waals surface area contributed by atoms with Crippen molar-refractivity contribution in [2.24, 2.45) is 0 Å². The lowest BCUT2D eigenvalue weighted by Gasteiger charge is -2.10. The number of anilines is 1. The van der Waals surface area contributed by atoms with Crippen LogP contribution in [0.5, 0.6) is 11.6 Å². The van der Waals surface area contributed by atoms with Gasteiger partial charge < -0.3 is 15.2 Å². The zero-order valence-electron chi connectivity index (χ0n) is 10.9. The van der Waals surface area contributed by atoms with Gasteiger partial charge in [-0.05, 0) is 19.1 Å². The third-order valence-corrected chi connectivity index (χ3v) is 2.70. The number of esters is 1. The Hall–Kier alpha value is -2.34. The van der Waals surface area contributed by atoms with E-state index >= 15 is 0 Å². The molecule has 6 nitrogen and oxygen atoms in total. The summed E-state index contributed by atoms with van der Waals surface area (Å²) >= 11 is 6.01. The first-order valence-corrected chi connectivity index (χ1v) is 6.05. The fourth-order valence-corrected chi connectivity index (χ4v) is 1.73. The Morgan fingerprint density at radius 3 is 2.75 bits per heavy atom. The van der Waals surface area contributed by atoms with Crippen molar-refractivity contribution in [1.29, 1.82) is 0 Å². The number of nitrogens with zero attached hydrogens (tertiary/aromatic N) is 2. The van der Waals surface area contributed by atoms with Gasteiger partial charge in [-0.1, -0.05) is 17.7 Å². The van der Waals surface area contributed by atoms with Crippen molar-refractivity contribution in [3.8, 4) is 11.6 Å². The van der Waals surface area contributed by atoms with Gasteiger partial charge in [0.05, 0.1) is 17.8 Å². The molecular weight excluding hydrogens is 282 g/mol. The SMILES string of the molecule is COC(=O)c1nc(C)cc(Oc2c(N)cccc2Cl)n1. The number of halogens is 1. The number of aryl methyl sites for hydroxylation is 1. The minimum absolute atomic E-state index is 0.0897. The highest BCUT2D eigenvalue weighted by atomic mass is 35.5. The topological polar surface area (TPSA) is 87.3 Å². The zero-order chi connectivity index (χ0) is 14.7. The maximum absolute atomic E-state index is 11.5. The summed E-state index contributed by atoms with van der Waals surface area (Å²) in [7, 11) is 1.25. The number of hydrogen-bond acceptors (Lipinski definition) is 6. The molecule has 0 atom stereocenters. The zero-order valence-corrected chi connectivity index (χ0v) is 11.6. The van der Waals surface area contributed by atoms with Gasteiger partial charge in [0.2, 0.25) is 11.7 Å². The van der Waals surface area contributed by atoms with Gasteiger partial charge >= 0.3 is 5.97 Å². The van der Waals surface area contributed by atoms with E-state index in [0.29, 0.717) is 16.4 Å². The van der Waals surface area contributed by atoms with Crippen LogP contribution in [0.2, 0.25) is 5.02 Å². The van der Waals surface area contributed by atoms with E-state index in [9.17, 15) is 4.79 Å². The van der Waals surface area contributed by atoms with Crippen molar-refractivity contribution in [2.45, 2.75) is 6.92 Å². The minimum atomic E-state index is -0.648. The van der Waals surface area contributed by atoms with Crippen LogP contribution in [-0.2, 0) is 4.74 Å². The molecule has 1 heterocycles. The first-order chi connectivity index (χ1) is 9.51. The second kappa shape index (κ2) is 5.75. The van der Waals surface area contributed by atoms with E-state index in [2.05, 4.69) is 14.7 Å². The van der Waals surface area contributed by atoms with Crippen LogP contribution in [-0.4, -0.2) is 23.0 Å². The van der Waals surface area contributed by atoms with Crippen molar-refractivity contribution in [3.05, 3.63) is 40.8 Å². The van der Waals surface area contributed by atoms with Crippen molar-refractivity contribution in [2.75, 3.05) is 12.8 Å². The van der Waals surface area contributed by atoms with Crippen LogP contribution in [0.3, 0.4) is 0 Å². The van der Waals surface area contributed by atoms with E-state index in [1.807, 2.05) is 0 Å². The number of methoxy groups -OCH3 is 1. The van der Waals surface area contributed by atoms with Gasteiger partial charge in [-0.15, -0.1) is 0 Å². The molecule has 2 aromatic rings. The number of aromatic nitrogens is 2. The molecule has 0 bridgehead atoms. The molecule has 7 heteroatoms. The second-order valence-corrected chi connectivity index (χ2v) is 4.33. The summed E-state index contributed by atoms with van der Waals surface area (Å²) in [5.74, 6) is -0.292. The summed E-state index contributed by atoms with van der Waals surface area (Å²) in [6.07, 6.45) is 0. The number of carbonyl (C=O) groups excluding carboxylic acids is 1. The van der Waals surface area contributed by atoms with Gasteiger partial charge in [-0.25, -0.2) is 9.78 Å². The maximum atomic E-state index is 11.5. The Bertz CT molecular complexity index is 641. The van der Waals surface area contributed by atoms with Crippen molar-refractivity contribution < 1.29 is 14.3 Å². The summed E-state index contributed by atoms with van der Waals surface area (Å²) in [6, 6.07) is 6.56. The molecule has 0 radical (unpaired) electrons. The van der Waals surface area contributed by atoms with Gasteiger partial charge in [-0.3, -0.25) is 0 Å². The predicted octanol–water partition coefficient (Wildman–Crippen LogP) is 2.60. The van der Waals surface area contributed by atoms with Gasteiger partial charge in [-0.2, -0.15) is 4.98 Å². The Morgan fingerprint density at radius 2 is 2.10 bits per heavy atom. The van der Waals surface area contributed by atoms with E-state index in [0.717, 1.165) is 0 Å². The van der Waals surface area contributed by atoms with Crippen LogP contribution >= 0.6 is 11.6 Å². The minimum Gasteiger partial charge on any atom is -0.463 e. The molecule has 0 unspecified atom stereocenters. The second-order valence-electron chi connectivity index (χ2n) is 3.92. The third-order valence-electron chi connectivity index (χ3n) is 2.40. The number of hydrogen-bond donors (Lipinski definition) is 1. The summed E-state index contributed by atoms with van der Waals surface area (Å²) in [5, 5.41) is 0.348. The average molecular weight is 294 g/mol. The first-order valence-electron chi connectivity index (χ1n) is 5.67. The third kappa shape index (κ3) is 2.97. The molecule has 0 fully saturated rings. The molecule has 104 valence electrons. The summed E-state index contributed by atoms with van der Waals surface area (Å²) < 4.78 is 10.1. The number of para-hydroxylation sites is 1. The highest BCUT2D eigenvalue weighted by Gasteiger charge is 2.14. The Balaban J connectivity index is 2.39. The Labute approximate surface area is 120 Å². The van der Waals surface area contributed by atoms with E-state index in [1.54, 1.807) is 31.2 Å². The number of benzene rings is 1. The Kier molecular flexibility index (Phi) is 4.05. The molecule has 2 rings (SSSR count). The predicted molar refractivity (Wildman–Crippen MR) is 74.0 cm³/mol. The highest BCUT2D eigenvalue weighted by Crippen LogP contribution is 2.34. The molecular formula is C13H12ClN3O3. The largest absolute Gasteiger partial charge is 0.463 e. The molecule has 1 aromatic heterocycles. The van der Waals surface area contributed by atoms with Crippen molar-refractivity contribution >= 4 is 23.3 Å². The summed E-state index contributed by atoms with van der Waals surface area (Å²) in [6.45, 7) is 1.71. The molecule has 0 amide bonds. The standard InChI is InChI=1S/C13H12ClN3O3/c1-7-6-10(17-12(16-7)13(18)19-2)20-11-8(14)4-3-5-9(11)15/h3-6H,15H2,1-2H3. The smallest absolute Gasteiger partial charge is 0.376 e. The van der Waals surface area contributed by atoms with Gasteiger partial charge in [0, 0.05) is 11.8 Å². The molecule has 0 saturated heterocycles. The van der Waals surface area contributed by atoms with Gasteiger partial charge in [0.15, 0.2) is 5.75 Å². The lowest BCUT2D eigenvalue weighted by molar-refractivity contribution is 0.0585. The monoisotopic (exact) mass is 293 g/mol. The van der Waals surface area contributed by atoms with Crippen LogP contribution in [0.15, 0.2) is 24.3 Å². The molecule has 2 N–H and O–H groups in total. The number of nitrogen functional groups attached to an aromatic ring is 1. The quantitative estimate of drug-likeness (QED) is 0.691. The van der Waals surface area contributed by atoms with Crippen LogP contribution in [0, 0.1) is 6.92 Å². The van der Waals surface area contributed by atoms with Crippen LogP contribution in [0.25, 0.3) is 0 Å². The van der Waals surface area contributed by atoms with E-state index in [1.165, 1.54) is 7.11 Å². The maximum Gasteiger partial charge on any atom is 0.376 e. The fraction of sp³-hybridized carbons (Fsp3) is 0.154. The number of rotatable bonds is 3. The van der Waals surface area contributed by atoms with Gasteiger partial charge in [0.25, 0.3) is 0 Å². The lowest BCUT2D eigenvalue weighted by Crippen LogP contribution is -2.09. The average Bonchev–Trinajstić information content (AvgIpc) is 2.41. The molecule has 0 saturated carbocycles. The van der Waals surface area contributed by atoms with Crippen molar-refractivity contribution in [3.63, 3.8) is 0 Å².